The quantitative estimate of drug-likeness (QED) is 0.0619. The van der Waals surface area contributed by atoms with Gasteiger partial charge in [-0.25, -0.2) is 0 Å². The molecule has 1 aliphatic carbocycles. The topological polar surface area (TPSA) is 206 Å². The van der Waals surface area contributed by atoms with Crippen molar-refractivity contribution in [2.24, 2.45) is 7.05 Å². The number of terminal acetylenes is 2. The van der Waals surface area contributed by atoms with E-state index in [2.05, 4.69) is 42.7 Å². The first-order valence-electron chi connectivity index (χ1n) is 17.3. The van der Waals surface area contributed by atoms with E-state index in [0.29, 0.717) is 44.4 Å². The molecule has 5 aromatic carbocycles. The van der Waals surface area contributed by atoms with Gasteiger partial charge in [-0.2, -0.15) is 23.4 Å². The molecule has 15 heteroatoms. The van der Waals surface area contributed by atoms with E-state index in [4.69, 9.17) is 12.8 Å². The van der Waals surface area contributed by atoms with Gasteiger partial charge < -0.3 is 25.6 Å². The third kappa shape index (κ3) is 6.34. The lowest BCUT2D eigenvalue weighted by Crippen LogP contribution is -2.29. The van der Waals surface area contributed by atoms with Crippen LogP contribution in [0.15, 0.2) is 113 Å². The van der Waals surface area contributed by atoms with Crippen molar-refractivity contribution in [3.05, 3.63) is 147 Å². The molecular weight excluding hydrogens is 759 g/mol. The summed E-state index contributed by atoms with van der Waals surface area (Å²) in [5.74, 6) is 3.56. The van der Waals surface area contributed by atoms with Gasteiger partial charge in [0.25, 0.3) is 15.7 Å². The van der Waals surface area contributed by atoms with Gasteiger partial charge >= 0.3 is 6.01 Å². The lowest BCUT2D eigenvalue weighted by atomic mass is 9.80. The van der Waals surface area contributed by atoms with Crippen molar-refractivity contribution in [3.8, 4) is 41.8 Å². The number of aromatic hydroxyl groups is 1. The Morgan fingerprint density at radius 1 is 0.741 bits per heavy atom. The van der Waals surface area contributed by atoms with Crippen molar-refractivity contribution in [1.82, 2.24) is 19.5 Å². The van der Waals surface area contributed by atoms with Crippen LogP contribution in [0.25, 0.3) is 22.0 Å². The monoisotopic (exact) mass is 785 g/mol. The molecule has 0 radical (unpaired) electrons. The minimum Gasteiger partial charge on any atom is -0.479 e. The van der Waals surface area contributed by atoms with Crippen molar-refractivity contribution >= 4 is 67.2 Å². The average Bonchev–Trinajstić information content (AvgIpc) is 3.21. The van der Waals surface area contributed by atoms with E-state index >= 15 is 0 Å². The first-order chi connectivity index (χ1) is 27.9. The summed E-state index contributed by atoms with van der Waals surface area (Å²) < 4.78 is 36.7. The maximum absolute atomic E-state index is 14.4. The number of fused-ring (bicyclic) bond motifs is 2. The normalized spacial score (nSPS) is 11.6. The summed E-state index contributed by atoms with van der Waals surface area (Å²) in [5.41, 5.74) is 2.52. The molecule has 2 heterocycles. The second-order valence-corrected chi connectivity index (χ2v) is 14.3. The molecule has 0 spiro atoms. The summed E-state index contributed by atoms with van der Waals surface area (Å²) in [6.07, 6.45) is 11.3. The maximum atomic E-state index is 14.4. The number of benzene rings is 5. The highest BCUT2D eigenvalue weighted by molar-refractivity contribution is 7.86. The van der Waals surface area contributed by atoms with Gasteiger partial charge in [0, 0.05) is 45.9 Å². The summed E-state index contributed by atoms with van der Waals surface area (Å²) in [5, 5.41) is 19.6. The standard InChI is InChI=1S/C43H27N7O7S/c1-4-23-14-11-15-24(5-2)37(23)46-42-47-41(48-43(54)49-42)45-30-22-26(18-21-32(30)58(55,56)57)44-29-19-20-31-35-33(27-16-9-10-17-28(27)39(52)34(29)35)36(40(53)50(31)3)38(51)25-12-7-6-8-13-25/h1-2,6-22,44H,3H3,(H,55,56,57)(H3,45,46,47,48,49,54). The number of hydrogen-bond donors (Lipinski definition) is 5. The molecule has 0 saturated carbocycles. The number of para-hydroxylation sites is 1. The van der Waals surface area contributed by atoms with Gasteiger partial charge in [-0.15, -0.1) is 12.8 Å². The van der Waals surface area contributed by atoms with Crippen LogP contribution >= 0.6 is 0 Å². The molecule has 8 rings (SSSR count). The molecule has 0 unspecified atom stereocenters. The van der Waals surface area contributed by atoms with Gasteiger partial charge in [0.1, 0.15) is 4.90 Å². The van der Waals surface area contributed by atoms with E-state index in [-0.39, 0.29) is 51.4 Å². The molecule has 7 aromatic rings. The lowest BCUT2D eigenvalue weighted by molar-refractivity contribution is 0.102. The van der Waals surface area contributed by atoms with Gasteiger partial charge in [-0.05, 0) is 48.0 Å². The number of carbonyl (C=O) groups excluding carboxylic acids is 2. The summed E-state index contributed by atoms with van der Waals surface area (Å²) in [7, 11) is -3.33. The van der Waals surface area contributed by atoms with Crippen LogP contribution in [0.5, 0.6) is 6.01 Å². The molecule has 0 aliphatic heterocycles. The van der Waals surface area contributed by atoms with Crippen LogP contribution in [0.2, 0.25) is 0 Å². The Labute approximate surface area is 330 Å². The zero-order chi connectivity index (χ0) is 40.9. The third-order valence-electron chi connectivity index (χ3n) is 9.51. The molecule has 58 heavy (non-hydrogen) atoms. The number of carbonyl (C=O) groups is 2. The molecule has 0 amide bonds. The van der Waals surface area contributed by atoms with Crippen LogP contribution < -0.4 is 21.5 Å². The van der Waals surface area contributed by atoms with E-state index in [1.165, 1.54) is 23.7 Å². The Hall–Kier alpha value is -8.11. The van der Waals surface area contributed by atoms with Gasteiger partial charge in [-0.3, -0.25) is 18.9 Å². The number of aromatic nitrogens is 4. The Kier molecular flexibility index (Phi) is 9.01. The summed E-state index contributed by atoms with van der Waals surface area (Å²) >= 11 is 0. The SMILES string of the molecule is C#Cc1cccc(C#C)c1Nc1nc(O)nc(Nc2cc(Nc3ccc4c5c3C(=O)c3ccccc3-c5c(C(=O)c3ccccc3)c(=O)n4C)ccc2S(=O)(=O)O)n1. The zero-order valence-electron chi connectivity index (χ0n) is 30.1. The summed E-state index contributed by atoms with van der Waals surface area (Å²) in [4.78, 5) is 53.9. The fourth-order valence-electron chi connectivity index (χ4n) is 6.94. The third-order valence-corrected chi connectivity index (χ3v) is 10.4. The van der Waals surface area contributed by atoms with Gasteiger partial charge in [0.05, 0.1) is 33.7 Å². The Morgan fingerprint density at radius 3 is 2.07 bits per heavy atom. The second kappa shape index (κ2) is 14.2. The number of anilines is 6. The molecule has 282 valence electrons. The van der Waals surface area contributed by atoms with Crippen molar-refractivity contribution in [1.29, 1.82) is 0 Å². The number of rotatable bonds is 9. The van der Waals surface area contributed by atoms with Gasteiger partial charge in [0.15, 0.2) is 11.6 Å². The molecule has 0 saturated heterocycles. The number of nitrogens with zero attached hydrogens (tertiary/aromatic N) is 4. The molecular formula is C43H27N7O7S. The van der Waals surface area contributed by atoms with E-state index in [9.17, 15) is 32.5 Å². The number of aryl methyl sites for hydroxylation is 1. The van der Waals surface area contributed by atoms with Gasteiger partial charge in [0.2, 0.25) is 11.9 Å². The van der Waals surface area contributed by atoms with Crippen LogP contribution in [0.4, 0.5) is 34.6 Å². The van der Waals surface area contributed by atoms with Crippen LogP contribution in [0.1, 0.15) is 43.0 Å². The van der Waals surface area contributed by atoms with Gasteiger partial charge in [-0.1, -0.05) is 72.5 Å². The Bertz CT molecular complexity index is 3150. The highest BCUT2D eigenvalue weighted by Crippen LogP contribution is 2.44. The highest BCUT2D eigenvalue weighted by atomic mass is 32.2. The predicted molar refractivity (Wildman–Crippen MR) is 218 cm³/mol. The number of ketones is 2. The molecule has 14 nitrogen and oxygen atoms in total. The summed E-state index contributed by atoms with van der Waals surface area (Å²) in [6.45, 7) is 0. The first-order valence-corrected chi connectivity index (χ1v) is 18.7. The van der Waals surface area contributed by atoms with E-state index in [0.717, 1.165) is 6.07 Å². The van der Waals surface area contributed by atoms with Crippen LogP contribution in [0, 0.1) is 24.7 Å². The Morgan fingerprint density at radius 2 is 1.40 bits per heavy atom. The van der Waals surface area contributed by atoms with Crippen molar-refractivity contribution in [3.63, 3.8) is 0 Å². The number of pyridine rings is 1. The van der Waals surface area contributed by atoms with Crippen LogP contribution in [-0.4, -0.2) is 49.2 Å². The average molecular weight is 786 g/mol. The number of hydrogen-bond acceptors (Lipinski definition) is 12. The molecule has 0 bridgehead atoms. The predicted octanol–water partition coefficient (Wildman–Crippen LogP) is 6.31. The lowest BCUT2D eigenvalue weighted by Gasteiger charge is -2.25. The van der Waals surface area contributed by atoms with E-state index in [1.54, 1.807) is 84.9 Å². The largest absolute Gasteiger partial charge is 0.479 e. The van der Waals surface area contributed by atoms with E-state index in [1.807, 2.05) is 0 Å². The highest BCUT2D eigenvalue weighted by Gasteiger charge is 2.34. The van der Waals surface area contributed by atoms with E-state index < -0.39 is 32.4 Å². The molecule has 0 atom stereocenters. The Balaban J connectivity index is 1.25. The minimum atomic E-state index is -4.86. The van der Waals surface area contributed by atoms with Crippen molar-refractivity contribution < 1.29 is 27.7 Å². The summed E-state index contributed by atoms with van der Waals surface area (Å²) in [6, 6.07) is 26.3. The zero-order valence-corrected chi connectivity index (χ0v) is 30.9. The number of nitrogens with one attached hydrogen (secondary N) is 3. The fourth-order valence-corrected chi connectivity index (χ4v) is 7.57. The minimum absolute atomic E-state index is 0.101. The van der Waals surface area contributed by atoms with Crippen molar-refractivity contribution in [2.45, 2.75) is 4.90 Å². The second-order valence-electron chi connectivity index (χ2n) is 12.9. The first kappa shape index (κ1) is 36.8. The smallest absolute Gasteiger partial charge is 0.320 e. The molecule has 5 N–H and O–H groups in total. The molecule has 2 aromatic heterocycles. The maximum Gasteiger partial charge on any atom is 0.320 e. The van der Waals surface area contributed by atoms with Crippen LogP contribution in [-0.2, 0) is 17.2 Å². The van der Waals surface area contributed by atoms with Crippen molar-refractivity contribution in [2.75, 3.05) is 16.0 Å². The molecule has 0 fully saturated rings. The fraction of sp³-hybridized carbons (Fsp3) is 0.0233. The van der Waals surface area contributed by atoms with Crippen LogP contribution in [0.3, 0.4) is 0 Å². The molecule has 1 aliphatic rings.